The molecular formula is C23H18F2N2O2. The number of hydrogen-bond acceptors (Lipinski definition) is 2. The van der Waals surface area contributed by atoms with Crippen LogP contribution in [0.4, 0.5) is 8.78 Å². The summed E-state index contributed by atoms with van der Waals surface area (Å²) in [7, 11) is 0. The molecule has 0 aliphatic carbocycles. The lowest BCUT2D eigenvalue weighted by Gasteiger charge is -2.35. The van der Waals surface area contributed by atoms with E-state index in [4.69, 9.17) is 11.2 Å². The number of H-pyrrole nitrogens is 1. The molecule has 2 aromatic carbocycles. The molecule has 1 atom stereocenters. The van der Waals surface area contributed by atoms with Crippen molar-refractivity contribution in [3.8, 4) is 12.3 Å². The number of nitrogens with one attached hydrogen (secondary N) is 1. The number of carbonyl (C=O) groups excluding carboxylic acids is 1. The van der Waals surface area contributed by atoms with E-state index in [1.54, 1.807) is 4.90 Å². The van der Waals surface area contributed by atoms with Gasteiger partial charge in [-0.1, -0.05) is 24.3 Å². The van der Waals surface area contributed by atoms with Gasteiger partial charge in [-0.25, -0.2) is 8.78 Å². The number of nitrogens with zero attached hydrogens (tertiary/aromatic N) is 1. The summed E-state index contributed by atoms with van der Waals surface area (Å²) >= 11 is 0. The molecule has 1 fully saturated rings. The fourth-order valence-electron chi connectivity index (χ4n) is 4.34. The van der Waals surface area contributed by atoms with Gasteiger partial charge in [0, 0.05) is 29.6 Å². The molecule has 3 heterocycles. The van der Waals surface area contributed by atoms with Crippen LogP contribution in [-0.2, 0) is 16.0 Å². The molecule has 0 saturated carbocycles. The summed E-state index contributed by atoms with van der Waals surface area (Å²) in [5.41, 5.74) is 3.79. The van der Waals surface area contributed by atoms with Gasteiger partial charge >= 0.3 is 0 Å². The van der Waals surface area contributed by atoms with Crippen LogP contribution < -0.4 is 0 Å². The Morgan fingerprint density at radius 2 is 1.90 bits per heavy atom. The Hall–Kier alpha value is -3.17. The molecule has 4 nitrogen and oxygen atoms in total. The smallest absolute Gasteiger partial charge is 0.299 e. The first-order chi connectivity index (χ1) is 14.1. The Kier molecular flexibility index (Phi) is 4.14. The number of benzene rings is 2. The third kappa shape index (κ3) is 2.81. The zero-order chi connectivity index (χ0) is 20.1. The summed E-state index contributed by atoms with van der Waals surface area (Å²) < 4.78 is 33.5. The van der Waals surface area contributed by atoms with Crippen molar-refractivity contribution in [2.75, 3.05) is 19.8 Å². The molecule has 1 N–H and O–H groups in total. The number of terminal acetylenes is 1. The van der Waals surface area contributed by atoms with E-state index in [1.165, 1.54) is 11.6 Å². The van der Waals surface area contributed by atoms with E-state index in [1.807, 2.05) is 24.3 Å². The normalized spacial score (nSPS) is 18.9. The van der Waals surface area contributed by atoms with Gasteiger partial charge in [-0.05, 0) is 35.1 Å². The van der Waals surface area contributed by atoms with E-state index < -0.39 is 23.6 Å². The van der Waals surface area contributed by atoms with Crippen molar-refractivity contribution in [1.82, 2.24) is 9.88 Å². The average Bonchev–Trinajstić information content (AvgIpc) is 3.05. The Balaban J connectivity index is 1.65. The Bertz CT molecular complexity index is 1160. The van der Waals surface area contributed by atoms with Crippen molar-refractivity contribution >= 4 is 16.8 Å². The summed E-state index contributed by atoms with van der Waals surface area (Å²) in [6.45, 7) is 1.80. The van der Waals surface area contributed by atoms with Gasteiger partial charge in [-0.15, -0.1) is 6.42 Å². The molecule has 146 valence electrons. The Morgan fingerprint density at radius 1 is 1.17 bits per heavy atom. The number of fused-ring (bicyclic) bond motifs is 3. The quantitative estimate of drug-likeness (QED) is 0.677. The second-order valence-corrected chi connectivity index (χ2v) is 7.52. The number of carbonyl (C=O) groups is 1. The molecule has 1 unspecified atom stereocenters. The zero-order valence-corrected chi connectivity index (χ0v) is 15.5. The van der Waals surface area contributed by atoms with E-state index >= 15 is 0 Å². The molecule has 1 amide bonds. The van der Waals surface area contributed by atoms with Gasteiger partial charge in [-0.3, -0.25) is 4.79 Å². The maximum absolute atomic E-state index is 14.4. The fourth-order valence-corrected chi connectivity index (χ4v) is 4.34. The zero-order valence-electron chi connectivity index (χ0n) is 15.5. The largest absolute Gasteiger partial charge is 0.380 e. The number of rotatable bonds is 2. The van der Waals surface area contributed by atoms with Crippen molar-refractivity contribution in [2.45, 2.75) is 18.4 Å². The number of ether oxygens (including phenoxy) is 1. The third-order valence-electron chi connectivity index (χ3n) is 5.90. The predicted molar refractivity (Wildman–Crippen MR) is 104 cm³/mol. The van der Waals surface area contributed by atoms with Crippen LogP contribution in [0.15, 0.2) is 36.4 Å². The molecular weight excluding hydrogens is 374 g/mol. The first-order valence-corrected chi connectivity index (χ1v) is 9.51. The van der Waals surface area contributed by atoms with Gasteiger partial charge < -0.3 is 14.6 Å². The maximum atomic E-state index is 14.4. The predicted octanol–water partition coefficient (Wildman–Crippen LogP) is 3.67. The lowest BCUT2D eigenvalue weighted by Crippen LogP contribution is -2.40. The van der Waals surface area contributed by atoms with E-state index in [-0.39, 0.29) is 5.52 Å². The SMILES string of the molecule is C#CC(=O)N1CCc2c([nH]c3c(F)cc(F)cc23)C1c1ccc(C2COC2)cc1. The first kappa shape index (κ1) is 17.9. The van der Waals surface area contributed by atoms with Gasteiger partial charge in [0.1, 0.15) is 11.6 Å². The molecule has 0 bridgehead atoms. The van der Waals surface area contributed by atoms with Crippen LogP contribution in [-0.4, -0.2) is 35.5 Å². The van der Waals surface area contributed by atoms with Crippen molar-refractivity contribution in [3.63, 3.8) is 0 Å². The minimum Gasteiger partial charge on any atom is -0.380 e. The first-order valence-electron chi connectivity index (χ1n) is 9.51. The minimum absolute atomic E-state index is 0.250. The van der Waals surface area contributed by atoms with Crippen LogP contribution in [0, 0.1) is 24.0 Å². The molecule has 2 aliphatic rings. The number of aromatic amines is 1. The van der Waals surface area contributed by atoms with Crippen LogP contribution >= 0.6 is 0 Å². The van der Waals surface area contributed by atoms with E-state index in [0.717, 1.165) is 17.2 Å². The molecule has 29 heavy (non-hydrogen) atoms. The second-order valence-electron chi connectivity index (χ2n) is 7.52. The lowest BCUT2D eigenvalue weighted by molar-refractivity contribution is -0.127. The molecule has 1 aromatic heterocycles. The van der Waals surface area contributed by atoms with Gasteiger partial charge in [0.2, 0.25) is 0 Å². The standard InChI is InChI=1S/C23H18F2N2O2/c1-2-20(28)27-8-7-17-18-9-16(24)10-19(25)21(18)26-22(17)23(27)14-5-3-13(4-6-14)15-11-29-12-15/h1,3-6,9-10,15,23,26H,7-8,11-12H2. The summed E-state index contributed by atoms with van der Waals surface area (Å²) in [6.07, 6.45) is 5.87. The molecule has 0 radical (unpaired) electrons. The van der Waals surface area contributed by atoms with Gasteiger partial charge in [0.25, 0.3) is 5.91 Å². The van der Waals surface area contributed by atoms with Crippen molar-refractivity contribution in [3.05, 3.63) is 70.4 Å². The lowest BCUT2D eigenvalue weighted by atomic mass is 9.90. The van der Waals surface area contributed by atoms with Crippen molar-refractivity contribution < 1.29 is 18.3 Å². The average molecular weight is 392 g/mol. The second kappa shape index (κ2) is 6.71. The van der Waals surface area contributed by atoms with Crippen LogP contribution in [0.25, 0.3) is 10.9 Å². The summed E-state index contributed by atoms with van der Waals surface area (Å²) in [4.78, 5) is 17.2. The van der Waals surface area contributed by atoms with Crippen LogP contribution in [0.5, 0.6) is 0 Å². The number of aromatic nitrogens is 1. The fraction of sp³-hybridized carbons (Fsp3) is 0.261. The number of hydrogen-bond donors (Lipinski definition) is 1. The van der Waals surface area contributed by atoms with E-state index in [0.29, 0.717) is 43.2 Å². The van der Waals surface area contributed by atoms with Gasteiger partial charge in [-0.2, -0.15) is 0 Å². The monoisotopic (exact) mass is 392 g/mol. The minimum atomic E-state index is -0.650. The van der Waals surface area contributed by atoms with Crippen LogP contribution in [0.1, 0.15) is 34.3 Å². The third-order valence-corrected chi connectivity index (χ3v) is 5.90. The number of halogens is 2. The van der Waals surface area contributed by atoms with E-state index in [2.05, 4.69) is 10.9 Å². The summed E-state index contributed by atoms with van der Waals surface area (Å²) in [5, 5.41) is 0.513. The molecule has 3 aromatic rings. The summed E-state index contributed by atoms with van der Waals surface area (Å²) in [6, 6.07) is 9.70. The maximum Gasteiger partial charge on any atom is 0.299 e. The Morgan fingerprint density at radius 3 is 2.55 bits per heavy atom. The Labute approximate surface area is 166 Å². The molecule has 1 saturated heterocycles. The molecule has 6 heteroatoms. The molecule has 5 rings (SSSR count). The van der Waals surface area contributed by atoms with E-state index in [9.17, 15) is 13.6 Å². The van der Waals surface area contributed by atoms with Crippen LogP contribution in [0.2, 0.25) is 0 Å². The number of amides is 1. The highest BCUT2D eigenvalue weighted by atomic mass is 19.1. The molecule has 2 aliphatic heterocycles. The van der Waals surface area contributed by atoms with Crippen molar-refractivity contribution in [2.24, 2.45) is 0 Å². The topological polar surface area (TPSA) is 45.3 Å². The highest BCUT2D eigenvalue weighted by molar-refractivity contribution is 5.94. The summed E-state index contributed by atoms with van der Waals surface area (Å²) in [5.74, 6) is 0.878. The van der Waals surface area contributed by atoms with Crippen molar-refractivity contribution in [1.29, 1.82) is 0 Å². The highest BCUT2D eigenvalue weighted by Gasteiger charge is 2.35. The van der Waals surface area contributed by atoms with Crippen LogP contribution in [0.3, 0.4) is 0 Å². The molecule has 0 spiro atoms. The van der Waals surface area contributed by atoms with Gasteiger partial charge in [0.05, 0.1) is 24.8 Å². The van der Waals surface area contributed by atoms with Gasteiger partial charge in [0.15, 0.2) is 0 Å². The highest BCUT2D eigenvalue weighted by Crippen LogP contribution is 2.39.